The summed E-state index contributed by atoms with van der Waals surface area (Å²) in [4.78, 5) is 22.7. The maximum atomic E-state index is 15.3. The molecule has 1 aliphatic rings. The van der Waals surface area contributed by atoms with Crippen molar-refractivity contribution in [2.24, 2.45) is 0 Å². The molecule has 3 aromatic heterocycles. The summed E-state index contributed by atoms with van der Waals surface area (Å²) in [5, 5.41) is 9.22. The van der Waals surface area contributed by atoms with E-state index < -0.39 is 23.7 Å². The molecule has 0 saturated heterocycles. The lowest BCUT2D eigenvalue weighted by atomic mass is 10.0. The fourth-order valence-corrected chi connectivity index (χ4v) is 4.87. The summed E-state index contributed by atoms with van der Waals surface area (Å²) in [5.74, 6) is -0.520. The van der Waals surface area contributed by atoms with Gasteiger partial charge >= 0.3 is 6.18 Å². The minimum absolute atomic E-state index is 0.0123. The van der Waals surface area contributed by atoms with Crippen LogP contribution in [0.25, 0.3) is 22.9 Å². The number of carbonyl (C=O) groups is 1. The largest absolute Gasteiger partial charge is 0.434 e. The normalized spacial score (nSPS) is 14.8. The number of amides is 1. The number of benzene rings is 1. The highest BCUT2D eigenvalue weighted by atomic mass is 35.5. The minimum Gasteiger partial charge on any atom is -0.331 e. The molecule has 1 aliphatic heterocycles. The minimum atomic E-state index is -4.65. The Labute approximate surface area is 226 Å². The van der Waals surface area contributed by atoms with Crippen LogP contribution >= 0.6 is 11.6 Å². The van der Waals surface area contributed by atoms with Crippen molar-refractivity contribution in [2.75, 3.05) is 4.90 Å². The Kier molecular flexibility index (Phi) is 6.73. The van der Waals surface area contributed by atoms with Gasteiger partial charge in [0.2, 0.25) is 17.7 Å². The van der Waals surface area contributed by atoms with Crippen molar-refractivity contribution >= 4 is 23.5 Å². The fraction of sp³-hybridized carbons (Fsp3) is 0.400. The molecule has 0 unspecified atom stereocenters. The number of aryl methyl sites for hydroxylation is 2. The van der Waals surface area contributed by atoms with Crippen LogP contribution in [0.1, 0.15) is 57.5 Å². The van der Waals surface area contributed by atoms with Crippen molar-refractivity contribution in [1.82, 2.24) is 34.1 Å². The van der Waals surface area contributed by atoms with Gasteiger partial charge in [-0.2, -0.15) is 23.3 Å². The standard InChI is InChI=1S/C25H25ClF4N8O/c1-5-35-12-19(25(28,29)30)32-23(35)16-7-6-15(10-18(16)27)14(4)37-20(39)8-9-36-24(37)33-22(34-36)21-17(26)11-31-38(21)13(2)3/h6-7,10-14H,5,8-9H2,1-4H3/t14-/m1/s1. The lowest BCUT2D eigenvalue weighted by Crippen LogP contribution is -2.39. The SMILES string of the molecule is CCn1cc(C(F)(F)F)nc1-c1ccc([C@@H](C)N2C(=O)CCn3nc(-c4c(Cl)cnn4C(C)C)nc32)cc1F. The van der Waals surface area contributed by atoms with Crippen LogP contribution in [0.4, 0.5) is 23.5 Å². The van der Waals surface area contributed by atoms with Gasteiger partial charge in [0.25, 0.3) is 0 Å². The second-order valence-corrected chi connectivity index (χ2v) is 9.91. The number of hydrogen-bond acceptors (Lipinski definition) is 5. The second kappa shape index (κ2) is 9.78. The Hall–Kier alpha value is -3.74. The van der Waals surface area contributed by atoms with Gasteiger partial charge in [0, 0.05) is 25.2 Å². The van der Waals surface area contributed by atoms with Crippen LogP contribution in [0.15, 0.2) is 30.6 Å². The first-order valence-electron chi connectivity index (χ1n) is 12.3. The summed E-state index contributed by atoms with van der Waals surface area (Å²) in [6.45, 7) is 7.73. The van der Waals surface area contributed by atoms with E-state index in [9.17, 15) is 18.0 Å². The number of nitrogens with zero attached hydrogens (tertiary/aromatic N) is 8. The number of carbonyl (C=O) groups excluding carboxylic acids is 1. The van der Waals surface area contributed by atoms with E-state index >= 15 is 4.39 Å². The molecule has 0 spiro atoms. The van der Waals surface area contributed by atoms with E-state index in [-0.39, 0.29) is 42.3 Å². The van der Waals surface area contributed by atoms with E-state index in [2.05, 4.69) is 20.2 Å². The Morgan fingerprint density at radius 1 is 1.15 bits per heavy atom. The van der Waals surface area contributed by atoms with Gasteiger partial charge in [-0.05, 0) is 45.4 Å². The predicted molar refractivity (Wildman–Crippen MR) is 135 cm³/mol. The van der Waals surface area contributed by atoms with Crippen molar-refractivity contribution in [3.63, 3.8) is 0 Å². The van der Waals surface area contributed by atoms with Gasteiger partial charge in [0.15, 0.2) is 5.69 Å². The number of anilines is 1. The van der Waals surface area contributed by atoms with E-state index in [1.54, 1.807) is 29.3 Å². The number of halogens is 5. The topological polar surface area (TPSA) is 86.7 Å². The summed E-state index contributed by atoms with van der Waals surface area (Å²) < 4.78 is 59.5. The van der Waals surface area contributed by atoms with E-state index in [1.165, 1.54) is 27.8 Å². The number of imidazole rings is 1. The zero-order valence-electron chi connectivity index (χ0n) is 21.5. The van der Waals surface area contributed by atoms with Gasteiger partial charge in [-0.3, -0.25) is 14.4 Å². The Bertz CT molecular complexity index is 1550. The monoisotopic (exact) mass is 564 g/mol. The van der Waals surface area contributed by atoms with Gasteiger partial charge < -0.3 is 4.57 Å². The van der Waals surface area contributed by atoms with Gasteiger partial charge in [-0.1, -0.05) is 17.7 Å². The molecular weight excluding hydrogens is 540 g/mol. The second-order valence-electron chi connectivity index (χ2n) is 9.50. The maximum Gasteiger partial charge on any atom is 0.434 e. The molecule has 0 fully saturated rings. The molecule has 0 bridgehead atoms. The summed E-state index contributed by atoms with van der Waals surface area (Å²) in [5.41, 5.74) is -0.216. The van der Waals surface area contributed by atoms with Crippen LogP contribution in [0.3, 0.4) is 0 Å². The molecule has 0 radical (unpaired) electrons. The average Bonchev–Trinajstić information content (AvgIpc) is 3.59. The third-order valence-electron chi connectivity index (χ3n) is 6.64. The summed E-state index contributed by atoms with van der Waals surface area (Å²) in [7, 11) is 0. The zero-order chi connectivity index (χ0) is 28.2. The highest BCUT2D eigenvalue weighted by Gasteiger charge is 2.36. The highest BCUT2D eigenvalue weighted by molar-refractivity contribution is 6.32. The van der Waals surface area contributed by atoms with E-state index in [4.69, 9.17) is 11.6 Å². The number of alkyl halides is 3. The first-order chi connectivity index (χ1) is 18.4. The molecular formula is C25H25ClF4N8O. The first-order valence-corrected chi connectivity index (χ1v) is 12.7. The average molecular weight is 565 g/mol. The summed E-state index contributed by atoms with van der Waals surface area (Å²) in [6.07, 6.45) is -2.12. The number of fused-ring (bicyclic) bond motifs is 1. The number of rotatable bonds is 6. The van der Waals surface area contributed by atoms with Crippen LogP contribution in [-0.2, 0) is 24.1 Å². The van der Waals surface area contributed by atoms with Crippen molar-refractivity contribution in [2.45, 2.75) is 65.5 Å². The molecule has 14 heteroatoms. The molecule has 4 aromatic rings. The van der Waals surface area contributed by atoms with E-state index in [1.807, 2.05) is 13.8 Å². The maximum absolute atomic E-state index is 15.3. The quantitative estimate of drug-likeness (QED) is 0.272. The third-order valence-corrected chi connectivity index (χ3v) is 6.91. The smallest absolute Gasteiger partial charge is 0.331 e. The number of aromatic nitrogens is 7. The molecule has 1 atom stereocenters. The molecule has 5 rings (SSSR count). The lowest BCUT2D eigenvalue weighted by Gasteiger charge is -2.31. The van der Waals surface area contributed by atoms with Crippen molar-refractivity contribution in [3.8, 4) is 22.9 Å². The molecule has 1 amide bonds. The van der Waals surface area contributed by atoms with Crippen LogP contribution < -0.4 is 4.90 Å². The Morgan fingerprint density at radius 3 is 2.54 bits per heavy atom. The Morgan fingerprint density at radius 2 is 1.90 bits per heavy atom. The lowest BCUT2D eigenvalue weighted by molar-refractivity contribution is -0.140. The zero-order valence-corrected chi connectivity index (χ0v) is 22.3. The molecule has 39 heavy (non-hydrogen) atoms. The van der Waals surface area contributed by atoms with Crippen LogP contribution in [-0.4, -0.2) is 40.0 Å². The Balaban J connectivity index is 1.51. The van der Waals surface area contributed by atoms with E-state index in [0.29, 0.717) is 28.6 Å². The van der Waals surface area contributed by atoms with E-state index in [0.717, 1.165) is 6.20 Å². The van der Waals surface area contributed by atoms with Crippen LogP contribution in [0.5, 0.6) is 0 Å². The van der Waals surface area contributed by atoms with Gasteiger partial charge in [-0.15, -0.1) is 5.10 Å². The van der Waals surface area contributed by atoms with Crippen molar-refractivity contribution in [1.29, 1.82) is 0 Å². The molecule has 9 nitrogen and oxygen atoms in total. The first kappa shape index (κ1) is 26.9. The highest BCUT2D eigenvalue weighted by Crippen LogP contribution is 2.36. The number of hydrogen-bond donors (Lipinski definition) is 0. The van der Waals surface area contributed by atoms with Gasteiger partial charge in [-0.25, -0.2) is 14.1 Å². The van der Waals surface area contributed by atoms with Crippen molar-refractivity contribution < 1.29 is 22.4 Å². The summed E-state index contributed by atoms with van der Waals surface area (Å²) in [6, 6.07) is 3.48. The molecule has 0 aliphatic carbocycles. The van der Waals surface area contributed by atoms with Gasteiger partial charge in [0.1, 0.15) is 17.3 Å². The fourth-order valence-electron chi connectivity index (χ4n) is 4.66. The van der Waals surface area contributed by atoms with Crippen molar-refractivity contribution in [3.05, 3.63) is 52.7 Å². The predicted octanol–water partition coefficient (Wildman–Crippen LogP) is 5.92. The molecule has 0 saturated carbocycles. The van der Waals surface area contributed by atoms with Crippen LogP contribution in [0.2, 0.25) is 5.02 Å². The molecule has 1 aromatic carbocycles. The molecule has 4 heterocycles. The third kappa shape index (κ3) is 4.68. The summed E-state index contributed by atoms with van der Waals surface area (Å²) >= 11 is 6.38. The van der Waals surface area contributed by atoms with Crippen LogP contribution in [0, 0.1) is 5.82 Å². The molecule has 0 N–H and O–H groups in total. The molecule has 206 valence electrons. The van der Waals surface area contributed by atoms with Gasteiger partial charge in [0.05, 0.1) is 29.4 Å².